The van der Waals surface area contributed by atoms with Crippen molar-refractivity contribution in [3.8, 4) is 0 Å². The fourth-order valence-electron chi connectivity index (χ4n) is 2.47. The predicted molar refractivity (Wildman–Crippen MR) is 89.5 cm³/mol. The summed E-state index contributed by atoms with van der Waals surface area (Å²) in [4.78, 5) is 7.09. The Kier molecular flexibility index (Phi) is 4.68. The first-order valence-electron chi connectivity index (χ1n) is 7.10. The van der Waals surface area contributed by atoms with Crippen LogP contribution in [0.3, 0.4) is 0 Å². The zero-order valence-electron chi connectivity index (χ0n) is 11.8. The molecule has 0 fully saturated rings. The Morgan fingerprint density at radius 1 is 1.00 bits per heavy atom. The lowest BCUT2D eigenvalue weighted by Gasteiger charge is -2.20. The average molecular weight is 344 g/mol. The minimum atomic E-state index is 0.863. The SMILES string of the molecule is BrCCN(Cc1ccccc1)Cc1cn2ccccc2n1. The van der Waals surface area contributed by atoms with Gasteiger partial charge in [0.05, 0.1) is 5.69 Å². The Morgan fingerprint density at radius 2 is 1.81 bits per heavy atom. The summed E-state index contributed by atoms with van der Waals surface area (Å²) < 4.78 is 2.07. The highest BCUT2D eigenvalue weighted by molar-refractivity contribution is 9.09. The molecule has 4 heteroatoms. The van der Waals surface area contributed by atoms with Gasteiger partial charge in [-0.3, -0.25) is 4.90 Å². The number of fused-ring (bicyclic) bond motifs is 1. The monoisotopic (exact) mass is 343 g/mol. The van der Waals surface area contributed by atoms with Gasteiger partial charge in [-0.2, -0.15) is 0 Å². The molecule has 0 aliphatic carbocycles. The lowest BCUT2D eigenvalue weighted by atomic mass is 10.2. The molecule has 3 rings (SSSR count). The van der Waals surface area contributed by atoms with Crippen molar-refractivity contribution in [1.82, 2.24) is 14.3 Å². The van der Waals surface area contributed by atoms with Crippen LogP contribution in [0.25, 0.3) is 5.65 Å². The van der Waals surface area contributed by atoms with E-state index in [1.807, 2.05) is 24.4 Å². The maximum atomic E-state index is 4.68. The van der Waals surface area contributed by atoms with Crippen LogP contribution in [0, 0.1) is 0 Å². The van der Waals surface area contributed by atoms with Gasteiger partial charge in [0, 0.05) is 37.4 Å². The van der Waals surface area contributed by atoms with Crippen LogP contribution in [0.1, 0.15) is 11.3 Å². The topological polar surface area (TPSA) is 20.5 Å². The van der Waals surface area contributed by atoms with E-state index in [0.29, 0.717) is 0 Å². The van der Waals surface area contributed by atoms with Crippen LogP contribution in [0.5, 0.6) is 0 Å². The van der Waals surface area contributed by atoms with Gasteiger partial charge in [0.15, 0.2) is 0 Å². The lowest BCUT2D eigenvalue weighted by Crippen LogP contribution is -2.25. The van der Waals surface area contributed by atoms with E-state index >= 15 is 0 Å². The summed E-state index contributed by atoms with van der Waals surface area (Å²) in [6.45, 7) is 2.81. The van der Waals surface area contributed by atoms with Gasteiger partial charge in [0.1, 0.15) is 5.65 Å². The molecular formula is C17H18BrN3. The van der Waals surface area contributed by atoms with Crippen molar-refractivity contribution in [2.24, 2.45) is 0 Å². The van der Waals surface area contributed by atoms with Crippen molar-refractivity contribution in [3.63, 3.8) is 0 Å². The minimum absolute atomic E-state index is 0.863. The zero-order valence-corrected chi connectivity index (χ0v) is 13.4. The molecule has 0 amide bonds. The first-order valence-corrected chi connectivity index (χ1v) is 8.22. The van der Waals surface area contributed by atoms with Gasteiger partial charge in [-0.05, 0) is 17.7 Å². The van der Waals surface area contributed by atoms with Crippen LogP contribution >= 0.6 is 15.9 Å². The molecule has 0 aliphatic rings. The molecule has 0 aliphatic heterocycles. The van der Waals surface area contributed by atoms with Crippen LogP contribution < -0.4 is 0 Å². The largest absolute Gasteiger partial charge is 0.307 e. The summed E-state index contributed by atoms with van der Waals surface area (Å²) >= 11 is 3.54. The second kappa shape index (κ2) is 6.87. The smallest absolute Gasteiger partial charge is 0.137 e. The van der Waals surface area contributed by atoms with Crippen molar-refractivity contribution in [2.75, 3.05) is 11.9 Å². The van der Waals surface area contributed by atoms with Gasteiger partial charge < -0.3 is 4.40 Å². The summed E-state index contributed by atoms with van der Waals surface area (Å²) in [5, 5.41) is 0.965. The highest BCUT2D eigenvalue weighted by Crippen LogP contribution is 2.11. The van der Waals surface area contributed by atoms with Crippen molar-refractivity contribution < 1.29 is 0 Å². The van der Waals surface area contributed by atoms with E-state index in [1.165, 1.54) is 5.56 Å². The van der Waals surface area contributed by atoms with E-state index < -0.39 is 0 Å². The molecule has 3 nitrogen and oxygen atoms in total. The summed E-state index contributed by atoms with van der Waals surface area (Å²) in [5.41, 5.74) is 3.45. The number of alkyl halides is 1. The van der Waals surface area contributed by atoms with E-state index in [9.17, 15) is 0 Å². The summed E-state index contributed by atoms with van der Waals surface area (Å²) in [5.74, 6) is 0. The third kappa shape index (κ3) is 3.71. The Balaban J connectivity index is 1.75. The molecule has 0 spiro atoms. The zero-order chi connectivity index (χ0) is 14.5. The molecule has 21 heavy (non-hydrogen) atoms. The van der Waals surface area contributed by atoms with E-state index in [-0.39, 0.29) is 0 Å². The standard InChI is InChI=1S/C17H18BrN3/c18-9-11-20(12-15-6-2-1-3-7-15)13-16-14-21-10-5-4-8-17(21)19-16/h1-8,10,14H,9,11-13H2. The average Bonchev–Trinajstić information content (AvgIpc) is 2.90. The Bertz CT molecular complexity index is 660. The Morgan fingerprint density at radius 3 is 2.57 bits per heavy atom. The van der Waals surface area contributed by atoms with Gasteiger partial charge in [-0.15, -0.1) is 0 Å². The molecule has 3 aromatic rings. The first kappa shape index (κ1) is 14.3. The summed E-state index contributed by atoms with van der Waals surface area (Å²) in [6, 6.07) is 16.7. The number of hydrogen-bond donors (Lipinski definition) is 0. The third-order valence-electron chi connectivity index (χ3n) is 3.45. The van der Waals surface area contributed by atoms with Crippen molar-refractivity contribution >= 4 is 21.6 Å². The van der Waals surface area contributed by atoms with Gasteiger partial charge in [-0.25, -0.2) is 4.98 Å². The number of halogens is 1. The molecule has 108 valence electrons. The minimum Gasteiger partial charge on any atom is -0.307 e. The highest BCUT2D eigenvalue weighted by Gasteiger charge is 2.09. The van der Waals surface area contributed by atoms with Gasteiger partial charge in [-0.1, -0.05) is 52.3 Å². The van der Waals surface area contributed by atoms with E-state index in [0.717, 1.165) is 36.3 Å². The Labute approximate surface area is 133 Å². The number of imidazole rings is 1. The molecule has 0 saturated heterocycles. The molecule has 0 bridgehead atoms. The molecule has 0 atom stereocenters. The van der Waals surface area contributed by atoms with Crippen molar-refractivity contribution in [1.29, 1.82) is 0 Å². The maximum Gasteiger partial charge on any atom is 0.137 e. The predicted octanol–water partition coefficient (Wildman–Crippen LogP) is 3.73. The van der Waals surface area contributed by atoms with E-state index in [2.05, 4.69) is 66.7 Å². The second-order valence-corrected chi connectivity index (χ2v) is 5.88. The number of rotatable bonds is 6. The number of benzene rings is 1. The van der Waals surface area contributed by atoms with Gasteiger partial charge >= 0.3 is 0 Å². The van der Waals surface area contributed by atoms with Crippen LogP contribution in [0.15, 0.2) is 60.9 Å². The number of pyridine rings is 1. The fourth-order valence-corrected chi connectivity index (χ4v) is 2.97. The highest BCUT2D eigenvalue weighted by atomic mass is 79.9. The Hall–Kier alpha value is -1.65. The lowest BCUT2D eigenvalue weighted by molar-refractivity contribution is 0.271. The third-order valence-corrected chi connectivity index (χ3v) is 3.80. The number of hydrogen-bond acceptors (Lipinski definition) is 2. The first-order chi connectivity index (χ1) is 10.3. The van der Waals surface area contributed by atoms with E-state index in [4.69, 9.17) is 0 Å². The normalized spacial score (nSPS) is 11.3. The van der Waals surface area contributed by atoms with Crippen LogP contribution in [0.2, 0.25) is 0 Å². The molecule has 2 heterocycles. The summed E-state index contributed by atoms with van der Waals surface area (Å²) in [7, 11) is 0. The molecule has 0 saturated carbocycles. The number of nitrogens with zero attached hydrogens (tertiary/aromatic N) is 3. The van der Waals surface area contributed by atoms with Crippen LogP contribution in [0.4, 0.5) is 0 Å². The molecule has 1 aromatic carbocycles. The second-order valence-electron chi connectivity index (χ2n) is 5.08. The maximum absolute atomic E-state index is 4.68. The molecule has 2 aromatic heterocycles. The molecule has 0 N–H and O–H groups in total. The number of aromatic nitrogens is 2. The molecule has 0 radical (unpaired) electrons. The van der Waals surface area contributed by atoms with Crippen molar-refractivity contribution in [2.45, 2.75) is 13.1 Å². The van der Waals surface area contributed by atoms with Crippen LogP contribution in [-0.4, -0.2) is 26.2 Å². The fraction of sp³-hybridized carbons (Fsp3) is 0.235. The van der Waals surface area contributed by atoms with Gasteiger partial charge in [0.2, 0.25) is 0 Å². The quantitative estimate of drug-likeness (QED) is 0.635. The van der Waals surface area contributed by atoms with E-state index in [1.54, 1.807) is 0 Å². The summed E-state index contributed by atoms with van der Waals surface area (Å²) in [6.07, 6.45) is 4.15. The molecule has 0 unspecified atom stereocenters. The molecular weight excluding hydrogens is 326 g/mol. The van der Waals surface area contributed by atoms with Crippen LogP contribution in [-0.2, 0) is 13.1 Å². The van der Waals surface area contributed by atoms with Crippen molar-refractivity contribution in [3.05, 3.63) is 72.2 Å². The van der Waals surface area contributed by atoms with Gasteiger partial charge in [0.25, 0.3) is 0 Å².